The first-order valence-corrected chi connectivity index (χ1v) is 22.2. The maximum absolute atomic E-state index is 12.5. The summed E-state index contributed by atoms with van der Waals surface area (Å²) in [5.41, 5.74) is 4.06. The minimum Gasteiger partial charge on any atom is -0.790 e. The number of anilines is 1. The number of allylic oxidation sites excluding steroid dienone is 3. The molecule has 28 heteroatoms. The molecule has 24 nitrogen and oxygen atoms in total. The Balaban J connectivity index is 1.47. The summed E-state index contributed by atoms with van der Waals surface area (Å²) in [5.74, 6) is -1.26. The molecule has 2 aromatic rings. The number of imidazole rings is 1. The molecule has 320 valence electrons. The number of aliphatic hydroxyl groups excluding tert-OH is 2. The third-order valence-electron chi connectivity index (χ3n) is 7.66. The lowest BCUT2D eigenvalue weighted by molar-refractivity contribution is -0.347. The predicted octanol–water partition coefficient (Wildman–Crippen LogP) is -1.95. The third-order valence-corrected chi connectivity index (χ3v) is 11.5. The van der Waals surface area contributed by atoms with Crippen molar-refractivity contribution in [2.75, 3.05) is 37.8 Å². The van der Waals surface area contributed by atoms with Gasteiger partial charge < -0.3 is 69.0 Å². The van der Waals surface area contributed by atoms with Crippen LogP contribution in [-0.4, -0.2) is 103 Å². The van der Waals surface area contributed by atoms with Gasteiger partial charge in [-0.15, -0.1) is 0 Å². The monoisotopic (exact) mass is 885 g/mol. The number of fused-ring (bicyclic) bond motifs is 1. The summed E-state index contributed by atoms with van der Waals surface area (Å²) in [6, 6.07) is 0. The zero-order chi connectivity index (χ0) is 42.6. The highest BCUT2D eigenvalue weighted by atomic mass is 32.2. The van der Waals surface area contributed by atoms with E-state index >= 15 is 0 Å². The fraction of sp³-hybridized carbons (Fsp3) is 0.586. The summed E-state index contributed by atoms with van der Waals surface area (Å²) < 4.78 is 60.5. The molecule has 2 amide bonds. The summed E-state index contributed by atoms with van der Waals surface area (Å²) in [6.07, 6.45) is 1.03. The number of amides is 2. The van der Waals surface area contributed by atoms with Crippen LogP contribution in [-0.2, 0) is 50.7 Å². The molecule has 7 atom stereocenters. The van der Waals surface area contributed by atoms with Crippen LogP contribution in [0.15, 0.2) is 37.0 Å². The van der Waals surface area contributed by atoms with Gasteiger partial charge in [-0.25, -0.2) is 19.3 Å². The number of carbonyl (C=O) groups excluding carboxylic acids is 3. The van der Waals surface area contributed by atoms with Gasteiger partial charge in [-0.3, -0.25) is 28.1 Å². The van der Waals surface area contributed by atoms with E-state index in [1.807, 2.05) is 13.0 Å². The molecular weight excluding hydrogens is 843 g/mol. The van der Waals surface area contributed by atoms with Gasteiger partial charge in [0.1, 0.15) is 36.3 Å². The molecule has 0 spiro atoms. The van der Waals surface area contributed by atoms with E-state index in [0.717, 1.165) is 41.8 Å². The number of nitrogens with two attached hydrogens (primary N) is 1. The van der Waals surface area contributed by atoms with E-state index in [9.17, 15) is 57.9 Å². The van der Waals surface area contributed by atoms with Gasteiger partial charge in [-0.05, 0) is 12.5 Å². The van der Waals surface area contributed by atoms with Crippen LogP contribution < -0.4 is 35.9 Å². The highest BCUT2D eigenvalue weighted by Gasteiger charge is 2.47. The van der Waals surface area contributed by atoms with Gasteiger partial charge in [-0.2, -0.15) is 0 Å². The quantitative estimate of drug-likeness (QED) is 0.0350. The van der Waals surface area contributed by atoms with Crippen LogP contribution in [0.5, 0.6) is 0 Å². The molecule has 1 aliphatic heterocycles. The topological polar surface area (TPSA) is 375 Å². The lowest BCUT2D eigenvalue weighted by Crippen LogP contribution is -2.46. The average molecular weight is 886 g/mol. The van der Waals surface area contributed by atoms with Crippen LogP contribution in [0.2, 0.25) is 0 Å². The normalized spacial score (nSPS) is 21.8. The predicted molar refractivity (Wildman–Crippen MR) is 191 cm³/mol. The number of nitrogens with zero attached hydrogens (tertiary/aromatic N) is 4. The van der Waals surface area contributed by atoms with Crippen molar-refractivity contribution in [1.29, 1.82) is 0 Å². The van der Waals surface area contributed by atoms with Crippen molar-refractivity contribution in [3.05, 3.63) is 37.0 Å². The van der Waals surface area contributed by atoms with Crippen LogP contribution >= 0.6 is 35.2 Å². The highest BCUT2D eigenvalue weighted by Crippen LogP contribution is 2.56. The number of rotatable bonds is 23. The summed E-state index contributed by atoms with van der Waals surface area (Å²) in [5, 5.41) is 26.0. The maximum Gasteiger partial charge on any atom is 0.274 e. The van der Waals surface area contributed by atoms with E-state index in [1.165, 1.54) is 19.9 Å². The lowest BCUT2D eigenvalue weighted by atomic mass is 9.87. The van der Waals surface area contributed by atoms with Gasteiger partial charge in [0.15, 0.2) is 17.7 Å². The molecule has 2 aromatic heterocycles. The number of aromatic nitrogens is 4. The largest absolute Gasteiger partial charge is 0.790 e. The zero-order valence-corrected chi connectivity index (χ0v) is 34.1. The number of carbonyl (C=O) groups is 3. The van der Waals surface area contributed by atoms with E-state index in [0.29, 0.717) is 5.75 Å². The Morgan fingerprint density at radius 3 is 2.47 bits per heavy atom. The highest BCUT2D eigenvalue weighted by molar-refractivity contribution is 8.14. The van der Waals surface area contributed by atoms with E-state index < -0.39 is 84.6 Å². The molecular formula is C29H42N7O17P3S-4. The number of nitrogen functional groups attached to an aromatic ring is 1. The van der Waals surface area contributed by atoms with Crippen molar-refractivity contribution in [2.24, 2.45) is 5.41 Å². The Labute approximate surface area is 330 Å². The number of hydrogen-bond acceptors (Lipinski definition) is 22. The van der Waals surface area contributed by atoms with Crippen LogP contribution in [0.4, 0.5) is 5.82 Å². The summed E-state index contributed by atoms with van der Waals surface area (Å²) in [4.78, 5) is 95.9. The van der Waals surface area contributed by atoms with Gasteiger partial charge in [0.05, 0.1) is 27.4 Å². The van der Waals surface area contributed by atoms with Crippen molar-refractivity contribution < 1.29 is 80.5 Å². The number of nitrogens with one attached hydrogen (secondary N) is 2. The molecule has 57 heavy (non-hydrogen) atoms. The van der Waals surface area contributed by atoms with Gasteiger partial charge in [0.25, 0.3) is 15.6 Å². The maximum atomic E-state index is 12.5. The smallest absolute Gasteiger partial charge is 0.274 e. The minimum atomic E-state index is -5.91. The van der Waals surface area contributed by atoms with Crippen molar-refractivity contribution in [1.82, 2.24) is 30.2 Å². The molecule has 0 bridgehead atoms. The standard InChI is InChI=1S/C29H46N7O17P3S/c1-4-5-6-7-8-9-20(38)57-13-12-31-19(37)10-11-32-27(41)24(40)29(2,3)15-50-56(47,48)53-55(45,46)49-14-18-23(52-54(42,43)44)22(39)28(51-18)36-17-35-21-25(30)33-16-34-26(21)36/h6-9,16-18,22-24,28,39-40H,4-5,10-15H2,1-3H3,(H,31,37)(H,32,41)(H,45,46)(H,47,48)(H2,30,33,34)(H2,42,43,44)/p-4/b7-6+,9-8+/t18-,22-,23-,24+,28-/m1/s1. The van der Waals surface area contributed by atoms with E-state index in [4.69, 9.17) is 10.5 Å². The third kappa shape index (κ3) is 15.6. The molecule has 1 aliphatic rings. The lowest BCUT2D eigenvalue weighted by Gasteiger charge is -2.36. The number of phosphoric ester groups is 3. The molecule has 6 N–H and O–H groups in total. The number of aliphatic hydroxyl groups is 2. The molecule has 1 fully saturated rings. The Hall–Kier alpha value is -2.96. The van der Waals surface area contributed by atoms with E-state index in [1.54, 1.807) is 12.2 Å². The Morgan fingerprint density at radius 2 is 1.79 bits per heavy atom. The molecule has 2 unspecified atom stereocenters. The summed E-state index contributed by atoms with van der Waals surface area (Å²) in [7, 11) is -17.6. The van der Waals surface area contributed by atoms with Crippen LogP contribution in [0.1, 0.15) is 46.3 Å². The van der Waals surface area contributed by atoms with Gasteiger partial charge in [0.2, 0.25) is 16.9 Å². The number of thioether (sulfide) groups is 1. The zero-order valence-electron chi connectivity index (χ0n) is 30.6. The first-order valence-electron chi connectivity index (χ1n) is 16.9. The fourth-order valence-corrected chi connectivity index (χ4v) is 8.10. The van der Waals surface area contributed by atoms with Crippen molar-refractivity contribution in [2.45, 2.75) is 70.7 Å². The van der Waals surface area contributed by atoms with E-state index in [2.05, 4.69) is 43.5 Å². The molecule has 0 aromatic carbocycles. The molecule has 0 saturated carbocycles. The Kier molecular flexibility index (Phi) is 18.1. The molecule has 3 rings (SSSR count). The van der Waals surface area contributed by atoms with Gasteiger partial charge in [0, 0.05) is 30.7 Å². The first kappa shape index (κ1) is 48.4. The molecule has 0 aliphatic carbocycles. The number of unbranched alkanes of at least 4 members (excludes halogenated alkanes) is 1. The number of hydrogen-bond donors (Lipinski definition) is 5. The SMILES string of the molecule is CCC/C=C/C=C/C(=O)SCCNC(=O)CCNC(=O)[C@H](O)C(C)(C)COP(=O)([O-])OP(=O)([O-])OC[C@H]1O[C@@H](n2cnc3c(N)ncnc32)[C@H](O)[C@@H]1OP(=O)([O-])[O-]. The van der Waals surface area contributed by atoms with Gasteiger partial charge in [-0.1, -0.05) is 57.2 Å². The fourth-order valence-electron chi connectivity index (χ4n) is 4.78. The van der Waals surface area contributed by atoms with Crippen molar-refractivity contribution in [3.63, 3.8) is 0 Å². The Bertz CT molecular complexity index is 1910. The van der Waals surface area contributed by atoms with E-state index in [-0.39, 0.29) is 41.6 Å². The van der Waals surface area contributed by atoms with Crippen LogP contribution in [0.25, 0.3) is 11.2 Å². The van der Waals surface area contributed by atoms with Crippen LogP contribution in [0.3, 0.4) is 0 Å². The second kappa shape index (κ2) is 21.3. The summed E-state index contributed by atoms with van der Waals surface area (Å²) in [6.45, 7) is 2.09. The second-order valence-corrected chi connectivity index (χ2v) is 17.9. The van der Waals surface area contributed by atoms with Gasteiger partial charge >= 0.3 is 0 Å². The number of phosphoric acid groups is 3. The second-order valence-electron chi connectivity index (χ2n) is 12.7. The first-order chi connectivity index (χ1) is 26.6. The Morgan fingerprint density at radius 1 is 1.09 bits per heavy atom. The molecule has 1 saturated heterocycles. The molecule has 3 heterocycles. The van der Waals surface area contributed by atoms with Crippen molar-refractivity contribution >= 4 is 69.1 Å². The minimum absolute atomic E-state index is 0.0222. The van der Waals surface area contributed by atoms with Crippen LogP contribution in [0, 0.1) is 5.41 Å². The molecule has 0 radical (unpaired) electrons. The average Bonchev–Trinajstić information content (AvgIpc) is 3.68. The van der Waals surface area contributed by atoms with Crippen molar-refractivity contribution in [3.8, 4) is 0 Å². The number of ether oxygens (including phenoxy) is 1. The summed E-state index contributed by atoms with van der Waals surface area (Å²) >= 11 is 1.00.